The first-order valence-electron chi connectivity index (χ1n) is 6.95. The van der Waals surface area contributed by atoms with E-state index < -0.39 is 64.3 Å². The summed E-state index contributed by atoms with van der Waals surface area (Å²) < 4.78 is 80.7. The Hall–Kier alpha value is -1.63. The molecule has 25 heavy (non-hydrogen) atoms. The lowest BCUT2D eigenvalue weighted by Gasteiger charge is -2.19. The summed E-state index contributed by atoms with van der Waals surface area (Å²) in [4.78, 5) is 27.3. The second-order valence-electron chi connectivity index (χ2n) is 6.24. The molecular formula is C12H17F4NO7S. The molecule has 0 aromatic heterocycles. The van der Waals surface area contributed by atoms with Gasteiger partial charge in [0.05, 0.1) is 5.92 Å². The van der Waals surface area contributed by atoms with E-state index in [9.17, 15) is 35.6 Å². The Labute approximate surface area is 140 Å². The first-order chi connectivity index (χ1) is 11.1. The lowest BCUT2D eigenvalue weighted by Crippen LogP contribution is -2.35. The van der Waals surface area contributed by atoms with E-state index in [0.29, 0.717) is 0 Å². The molecule has 1 aliphatic rings. The Balaban J connectivity index is 2.57. The SMILES string of the molecule is CC(C)(C)OC(=O)NOC(=O)[C@@H]1C[C@H](OS(=O)(=O)C(F)(F)F)[C@@H](F)C1. The Morgan fingerprint density at radius 3 is 2.16 bits per heavy atom. The topological polar surface area (TPSA) is 108 Å². The molecule has 146 valence electrons. The van der Waals surface area contributed by atoms with Crippen molar-refractivity contribution in [1.82, 2.24) is 5.48 Å². The van der Waals surface area contributed by atoms with E-state index in [1.807, 2.05) is 0 Å². The van der Waals surface area contributed by atoms with Gasteiger partial charge in [-0.2, -0.15) is 21.6 Å². The van der Waals surface area contributed by atoms with Crippen molar-refractivity contribution in [3.63, 3.8) is 0 Å². The Bertz CT molecular complexity index is 614. The van der Waals surface area contributed by atoms with E-state index in [-0.39, 0.29) is 0 Å². The third kappa shape index (κ3) is 6.30. The number of nitrogens with one attached hydrogen (secondary N) is 1. The van der Waals surface area contributed by atoms with Gasteiger partial charge in [0.1, 0.15) is 17.9 Å². The molecule has 0 saturated heterocycles. The summed E-state index contributed by atoms with van der Waals surface area (Å²) in [7, 11) is -5.99. The van der Waals surface area contributed by atoms with Crippen molar-refractivity contribution in [1.29, 1.82) is 0 Å². The summed E-state index contributed by atoms with van der Waals surface area (Å²) in [6.07, 6.45) is -6.50. The number of rotatable bonds is 3. The number of hydrogen-bond acceptors (Lipinski definition) is 7. The molecule has 1 saturated carbocycles. The normalized spacial score (nSPS) is 24.7. The predicted molar refractivity (Wildman–Crippen MR) is 72.9 cm³/mol. The number of hydroxylamine groups is 1. The van der Waals surface area contributed by atoms with Gasteiger partial charge in [-0.25, -0.2) is 14.0 Å². The molecule has 1 aliphatic carbocycles. The van der Waals surface area contributed by atoms with Crippen LogP contribution in [0.1, 0.15) is 33.6 Å². The molecule has 1 amide bonds. The van der Waals surface area contributed by atoms with E-state index >= 15 is 0 Å². The highest BCUT2D eigenvalue weighted by Crippen LogP contribution is 2.35. The van der Waals surface area contributed by atoms with Crippen LogP contribution in [0.3, 0.4) is 0 Å². The Kier molecular flexibility index (Phi) is 6.27. The molecule has 0 heterocycles. The zero-order valence-corrected chi connectivity index (χ0v) is 14.2. The lowest BCUT2D eigenvalue weighted by atomic mass is 10.1. The van der Waals surface area contributed by atoms with E-state index in [0.717, 1.165) is 0 Å². The number of carbonyl (C=O) groups is 2. The van der Waals surface area contributed by atoms with Crippen molar-refractivity contribution in [3.05, 3.63) is 0 Å². The molecule has 0 aromatic rings. The van der Waals surface area contributed by atoms with Crippen molar-refractivity contribution in [3.8, 4) is 0 Å². The van der Waals surface area contributed by atoms with Crippen molar-refractivity contribution in [2.45, 2.75) is 57.0 Å². The van der Waals surface area contributed by atoms with Gasteiger partial charge in [-0.3, -0.25) is 4.18 Å². The van der Waals surface area contributed by atoms with E-state index in [1.165, 1.54) is 0 Å². The molecular weight excluding hydrogens is 378 g/mol. The third-order valence-electron chi connectivity index (χ3n) is 2.93. The van der Waals surface area contributed by atoms with E-state index in [4.69, 9.17) is 4.74 Å². The number of amides is 1. The first-order valence-corrected chi connectivity index (χ1v) is 8.36. The highest BCUT2D eigenvalue weighted by atomic mass is 32.2. The largest absolute Gasteiger partial charge is 0.523 e. The second-order valence-corrected chi connectivity index (χ2v) is 7.81. The summed E-state index contributed by atoms with van der Waals surface area (Å²) in [6, 6.07) is 0. The predicted octanol–water partition coefficient (Wildman–Crippen LogP) is 1.95. The average molecular weight is 395 g/mol. The molecule has 3 atom stereocenters. The minimum absolute atomic E-state index is 0.618. The van der Waals surface area contributed by atoms with Gasteiger partial charge in [-0.05, 0) is 33.6 Å². The fraction of sp³-hybridized carbons (Fsp3) is 0.833. The van der Waals surface area contributed by atoms with E-state index in [1.54, 1.807) is 26.3 Å². The first kappa shape index (κ1) is 21.4. The molecule has 1 rings (SSSR count). The minimum Gasteiger partial charge on any atom is -0.442 e. The van der Waals surface area contributed by atoms with Gasteiger partial charge >= 0.3 is 27.7 Å². The second kappa shape index (κ2) is 7.32. The van der Waals surface area contributed by atoms with Crippen LogP contribution in [0.4, 0.5) is 22.4 Å². The highest BCUT2D eigenvalue weighted by molar-refractivity contribution is 7.87. The van der Waals surface area contributed by atoms with Crippen molar-refractivity contribution < 1.29 is 49.3 Å². The maximum absolute atomic E-state index is 13.7. The van der Waals surface area contributed by atoms with Gasteiger partial charge < -0.3 is 9.57 Å². The molecule has 0 aliphatic heterocycles. The molecule has 0 spiro atoms. The summed E-state index contributed by atoms with van der Waals surface area (Å²) in [5, 5.41) is 0. The van der Waals surface area contributed by atoms with Crippen LogP contribution in [0.15, 0.2) is 0 Å². The molecule has 0 radical (unpaired) electrons. The number of ether oxygens (including phenoxy) is 1. The van der Waals surface area contributed by atoms with Crippen LogP contribution in [-0.2, 0) is 28.7 Å². The standard InChI is InChI=1S/C12H17F4NO7S/c1-11(2,3)22-10(19)17-23-9(18)6-4-7(13)8(5-6)24-25(20,21)12(14,15)16/h6-8H,4-5H2,1-3H3,(H,17,19)/t6-,7-,8-/m0/s1. The van der Waals surface area contributed by atoms with Crippen LogP contribution in [0.2, 0.25) is 0 Å². The summed E-state index contributed by atoms with van der Waals surface area (Å²) in [5.41, 5.74) is -4.94. The number of halogens is 4. The zero-order valence-electron chi connectivity index (χ0n) is 13.4. The smallest absolute Gasteiger partial charge is 0.442 e. The zero-order chi connectivity index (χ0) is 19.6. The van der Waals surface area contributed by atoms with Gasteiger partial charge in [0, 0.05) is 0 Å². The Morgan fingerprint density at radius 1 is 1.12 bits per heavy atom. The lowest BCUT2D eigenvalue weighted by molar-refractivity contribution is -0.155. The minimum atomic E-state index is -5.99. The maximum atomic E-state index is 13.7. The average Bonchev–Trinajstić information content (AvgIpc) is 2.73. The number of hydrogen-bond donors (Lipinski definition) is 1. The van der Waals surface area contributed by atoms with Crippen molar-refractivity contribution >= 4 is 22.2 Å². The number of carbonyl (C=O) groups excluding carboxylic acids is 2. The highest BCUT2D eigenvalue weighted by Gasteiger charge is 2.52. The maximum Gasteiger partial charge on any atom is 0.523 e. The van der Waals surface area contributed by atoms with Crippen LogP contribution in [0.5, 0.6) is 0 Å². The molecule has 0 aromatic carbocycles. The van der Waals surface area contributed by atoms with Gasteiger partial charge in [-0.1, -0.05) is 0 Å². The number of alkyl halides is 4. The van der Waals surface area contributed by atoms with Crippen LogP contribution in [0, 0.1) is 5.92 Å². The fourth-order valence-electron chi connectivity index (χ4n) is 1.93. The third-order valence-corrected chi connectivity index (χ3v) is 4.00. The van der Waals surface area contributed by atoms with Gasteiger partial charge in [0.25, 0.3) is 0 Å². The van der Waals surface area contributed by atoms with Gasteiger partial charge in [0.15, 0.2) is 0 Å². The fourth-order valence-corrected chi connectivity index (χ4v) is 2.57. The summed E-state index contributed by atoms with van der Waals surface area (Å²) in [5.74, 6) is -2.46. The molecule has 1 N–H and O–H groups in total. The summed E-state index contributed by atoms with van der Waals surface area (Å²) in [6.45, 7) is 4.63. The van der Waals surface area contributed by atoms with Crippen LogP contribution >= 0.6 is 0 Å². The molecule has 0 bridgehead atoms. The van der Waals surface area contributed by atoms with Gasteiger partial charge in [0.2, 0.25) is 0 Å². The van der Waals surface area contributed by atoms with Gasteiger partial charge in [-0.15, -0.1) is 5.48 Å². The quantitative estimate of drug-likeness (QED) is 0.337. The van der Waals surface area contributed by atoms with Crippen LogP contribution in [0.25, 0.3) is 0 Å². The monoisotopic (exact) mass is 395 g/mol. The van der Waals surface area contributed by atoms with Crippen molar-refractivity contribution in [2.24, 2.45) is 5.92 Å². The molecule has 1 fully saturated rings. The van der Waals surface area contributed by atoms with Crippen molar-refractivity contribution in [2.75, 3.05) is 0 Å². The van der Waals surface area contributed by atoms with Crippen LogP contribution in [-0.4, -0.2) is 43.9 Å². The van der Waals surface area contributed by atoms with E-state index in [2.05, 4.69) is 9.02 Å². The molecule has 8 nitrogen and oxygen atoms in total. The molecule has 13 heteroatoms. The summed E-state index contributed by atoms with van der Waals surface area (Å²) >= 11 is 0. The Morgan fingerprint density at radius 2 is 1.68 bits per heavy atom. The van der Waals surface area contributed by atoms with Crippen LogP contribution < -0.4 is 5.48 Å². The molecule has 0 unspecified atom stereocenters.